The molecule has 0 heterocycles. The van der Waals surface area contributed by atoms with Crippen LogP contribution in [0.5, 0.6) is 17.2 Å². The smallest absolute Gasteiger partial charge is 0.178 e. The summed E-state index contributed by atoms with van der Waals surface area (Å²) in [4.78, 5) is 1.92. The number of phenolic OH excluding ortho intramolecular Hbond substituents is 1. The molecule has 0 aliphatic heterocycles. The standard InChI is InChI=1S/C22H22N2O3S/c1-26-19-11-7-17(8-12-19)23-22(28)24(15-16-5-3-4-6-21(16)25)18-9-13-20(27-2)14-10-18/h3-14,25H,15H2,1-2H3,(H,23,28). The van der Waals surface area contributed by atoms with Gasteiger partial charge in [-0.2, -0.15) is 0 Å². The predicted molar refractivity (Wildman–Crippen MR) is 116 cm³/mol. The second kappa shape index (κ2) is 9.10. The van der Waals surface area contributed by atoms with E-state index in [1.165, 1.54) is 0 Å². The minimum Gasteiger partial charge on any atom is -0.508 e. The Labute approximate surface area is 170 Å². The summed E-state index contributed by atoms with van der Waals surface area (Å²) in [6.07, 6.45) is 0. The number of nitrogens with zero attached hydrogens (tertiary/aromatic N) is 1. The predicted octanol–water partition coefficient (Wildman–Crippen LogP) is 4.81. The minimum atomic E-state index is 0.230. The van der Waals surface area contributed by atoms with Crippen molar-refractivity contribution in [2.45, 2.75) is 6.54 Å². The Bertz CT molecular complexity index is 927. The van der Waals surface area contributed by atoms with Crippen LogP contribution >= 0.6 is 12.2 Å². The lowest BCUT2D eigenvalue weighted by Crippen LogP contribution is -2.34. The summed E-state index contributed by atoms with van der Waals surface area (Å²) in [6.45, 7) is 0.418. The van der Waals surface area contributed by atoms with Crippen molar-refractivity contribution in [2.75, 3.05) is 24.4 Å². The molecule has 0 saturated carbocycles. The lowest BCUT2D eigenvalue weighted by molar-refractivity contribution is 0.415. The van der Waals surface area contributed by atoms with Crippen LogP contribution in [0.25, 0.3) is 0 Å². The first kappa shape index (κ1) is 19.5. The van der Waals surface area contributed by atoms with Gasteiger partial charge in [-0.1, -0.05) is 18.2 Å². The van der Waals surface area contributed by atoms with E-state index < -0.39 is 0 Å². The number of aromatic hydroxyl groups is 1. The Kier molecular flexibility index (Phi) is 6.34. The van der Waals surface area contributed by atoms with Gasteiger partial charge in [0.05, 0.1) is 20.8 Å². The third-order valence-corrected chi connectivity index (χ3v) is 4.61. The number of hydrogen-bond donors (Lipinski definition) is 2. The third kappa shape index (κ3) is 4.72. The van der Waals surface area contributed by atoms with Crippen LogP contribution in [0.15, 0.2) is 72.8 Å². The zero-order chi connectivity index (χ0) is 19.9. The molecule has 3 aromatic rings. The Morgan fingerprint density at radius 2 is 1.46 bits per heavy atom. The van der Waals surface area contributed by atoms with Crippen LogP contribution in [0, 0.1) is 0 Å². The number of methoxy groups -OCH3 is 2. The summed E-state index contributed by atoms with van der Waals surface area (Å²) in [6, 6.07) is 22.4. The highest BCUT2D eigenvalue weighted by Gasteiger charge is 2.15. The van der Waals surface area contributed by atoms with Gasteiger partial charge in [0.25, 0.3) is 0 Å². The van der Waals surface area contributed by atoms with Gasteiger partial charge in [-0.15, -0.1) is 0 Å². The third-order valence-electron chi connectivity index (χ3n) is 4.29. The molecule has 3 rings (SSSR count). The maximum absolute atomic E-state index is 10.2. The minimum absolute atomic E-state index is 0.230. The molecule has 0 aromatic heterocycles. The van der Waals surface area contributed by atoms with Crippen molar-refractivity contribution >= 4 is 28.7 Å². The Balaban J connectivity index is 1.87. The van der Waals surface area contributed by atoms with E-state index in [4.69, 9.17) is 21.7 Å². The van der Waals surface area contributed by atoms with Gasteiger partial charge in [-0.05, 0) is 66.8 Å². The highest BCUT2D eigenvalue weighted by molar-refractivity contribution is 7.80. The Morgan fingerprint density at radius 1 is 0.893 bits per heavy atom. The number of ether oxygens (including phenoxy) is 2. The summed E-state index contributed by atoms with van der Waals surface area (Å²) in [5.41, 5.74) is 2.51. The largest absolute Gasteiger partial charge is 0.508 e. The number of rotatable bonds is 6. The first-order valence-corrected chi connectivity index (χ1v) is 9.15. The summed E-state index contributed by atoms with van der Waals surface area (Å²) in [5.74, 6) is 1.77. The van der Waals surface area contributed by atoms with Gasteiger partial charge in [0, 0.05) is 16.9 Å². The molecule has 0 unspecified atom stereocenters. The quantitative estimate of drug-likeness (QED) is 0.585. The fraction of sp³-hybridized carbons (Fsp3) is 0.136. The van der Waals surface area contributed by atoms with Gasteiger partial charge in [-0.25, -0.2) is 0 Å². The number of anilines is 2. The fourth-order valence-electron chi connectivity index (χ4n) is 2.72. The molecule has 0 atom stereocenters. The Hall–Kier alpha value is -3.25. The van der Waals surface area contributed by atoms with E-state index in [0.29, 0.717) is 11.7 Å². The lowest BCUT2D eigenvalue weighted by Gasteiger charge is -2.26. The monoisotopic (exact) mass is 394 g/mol. The van der Waals surface area contributed by atoms with Crippen LogP contribution in [0.3, 0.4) is 0 Å². The van der Waals surface area contributed by atoms with E-state index in [1.54, 1.807) is 26.4 Å². The maximum atomic E-state index is 10.2. The molecule has 0 amide bonds. The van der Waals surface area contributed by atoms with E-state index in [1.807, 2.05) is 65.6 Å². The number of thiocarbonyl (C=S) groups is 1. The number of benzene rings is 3. The zero-order valence-electron chi connectivity index (χ0n) is 15.8. The average Bonchev–Trinajstić information content (AvgIpc) is 2.74. The second-order valence-electron chi connectivity index (χ2n) is 6.07. The van der Waals surface area contributed by atoms with E-state index >= 15 is 0 Å². The van der Waals surface area contributed by atoms with E-state index in [2.05, 4.69) is 5.32 Å². The van der Waals surface area contributed by atoms with Crippen LogP contribution in [-0.2, 0) is 6.54 Å². The second-order valence-corrected chi connectivity index (χ2v) is 6.46. The molecule has 3 aromatic carbocycles. The van der Waals surface area contributed by atoms with Crippen molar-refractivity contribution in [3.05, 3.63) is 78.4 Å². The van der Waals surface area contributed by atoms with Crippen molar-refractivity contribution in [1.29, 1.82) is 0 Å². The van der Waals surface area contributed by atoms with E-state index in [-0.39, 0.29) is 5.75 Å². The molecule has 0 fully saturated rings. The van der Waals surface area contributed by atoms with Crippen LogP contribution in [0.1, 0.15) is 5.56 Å². The molecule has 0 aliphatic rings. The van der Waals surface area contributed by atoms with Crippen molar-refractivity contribution in [3.8, 4) is 17.2 Å². The molecule has 2 N–H and O–H groups in total. The molecule has 5 nitrogen and oxygen atoms in total. The van der Waals surface area contributed by atoms with Gasteiger partial charge in [0.2, 0.25) is 0 Å². The first-order valence-electron chi connectivity index (χ1n) is 8.74. The molecule has 144 valence electrons. The van der Waals surface area contributed by atoms with E-state index in [0.717, 1.165) is 28.4 Å². The average molecular weight is 394 g/mol. The van der Waals surface area contributed by atoms with Gasteiger partial charge in [0.15, 0.2) is 5.11 Å². The molecular formula is C22H22N2O3S. The summed E-state index contributed by atoms with van der Waals surface area (Å²) < 4.78 is 10.4. The number of nitrogens with one attached hydrogen (secondary N) is 1. The fourth-order valence-corrected chi connectivity index (χ4v) is 3.01. The van der Waals surface area contributed by atoms with Crippen LogP contribution < -0.4 is 19.7 Å². The maximum Gasteiger partial charge on any atom is 0.178 e. The molecule has 28 heavy (non-hydrogen) atoms. The molecular weight excluding hydrogens is 372 g/mol. The van der Waals surface area contributed by atoms with Crippen molar-refractivity contribution < 1.29 is 14.6 Å². The van der Waals surface area contributed by atoms with Crippen molar-refractivity contribution in [1.82, 2.24) is 0 Å². The van der Waals surface area contributed by atoms with Gasteiger partial charge >= 0.3 is 0 Å². The molecule has 6 heteroatoms. The van der Waals surface area contributed by atoms with Gasteiger partial charge in [0.1, 0.15) is 17.2 Å². The zero-order valence-corrected chi connectivity index (χ0v) is 16.6. The first-order chi connectivity index (χ1) is 13.6. The van der Waals surface area contributed by atoms with Crippen LogP contribution in [0.2, 0.25) is 0 Å². The van der Waals surface area contributed by atoms with Crippen LogP contribution in [-0.4, -0.2) is 24.4 Å². The highest BCUT2D eigenvalue weighted by atomic mass is 32.1. The number of phenols is 1. The summed E-state index contributed by atoms with van der Waals surface area (Å²) in [7, 11) is 3.26. The molecule has 0 radical (unpaired) electrons. The lowest BCUT2D eigenvalue weighted by atomic mass is 10.1. The molecule has 0 saturated heterocycles. The van der Waals surface area contributed by atoms with E-state index in [9.17, 15) is 5.11 Å². The SMILES string of the molecule is COc1ccc(NC(=S)N(Cc2ccccc2O)c2ccc(OC)cc2)cc1. The molecule has 0 bridgehead atoms. The molecule has 0 aliphatic carbocycles. The highest BCUT2D eigenvalue weighted by Crippen LogP contribution is 2.26. The van der Waals surface area contributed by atoms with Crippen LogP contribution in [0.4, 0.5) is 11.4 Å². The molecule has 0 spiro atoms. The van der Waals surface area contributed by atoms with Crippen molar-refractivity contribution in [2.24, 2.45) is 0 Å². The van der Waals surface area contributed by atoms with Gasteiger partial charge in [-0.3, -0.25) is 0 Å². The van der Waals surface area contributed by atoms with Gasteiger partial charge < -0.3 is 24.8 Å². The summed E-state index contributed by atoms with van der Waals surface area (Å²) >= 11 is 5.68. The topological polar surface area (TPSA) is 54.0 Å². The summed E-state index contributed by atoms with van der Waals surface area (Å²) in [5, 5.41) is 14.0. The van der Waals surface area contributed by atoms with Crippen molar-refractivity contribution in [3.63, 3.8) is 0 Å². The number of para-hydroxylation sites is 1. The normalized spacial score (nSPS) is 10.2. The number of hydrogen-bond acceptors (Lipinski definition) is 4. The Morgan fingerprint density at radius 3 is 2.04 bits per heavy atom.